The highest BCUT2D eigenvalue weighted by Gasteiger charge is 2.10. The average molecular weight is 256 g/mol. The third kappa shape index (κ3) is 2.75. The molecule has 2 aromatic rings. The van der Waals surface area contributed by atoms with Gasteiger partial charge in [0.05, 0.1) is 5.69 Å². The van der Waals surface area contributed by atoms with Gasteiger partial charge >= 0.3 is 0 Å². The second-order valence-corrected chi connectivity index (χ2v) is 5.06. The van der Waals surface area contributed by atoms with Crippen molar-refractivity contribution in [2.24, 2.45) is 0 Å². The Bertz CT molecular complexity index is 579. The van der Waals surface area contributed by atoms with E-state index < -0.39 is 0 Å². The lowest BCUT2D eigenvalue weighted by Gasteiger charge is -2.03. The molecule has 0 saturated heterocycles. The Labute approximate surface area is 114 Å². The second kappa shape index (κ2) is 5.39. The van der Waals surface area contributed by atoms with Gasteiger partial charge in [0.1, 0.15) is 0 Å². The minimum atomic E-state index is 0.182. The van der Waals surface area contributed by atoms with Crippen LogP contribution in [0.1, 0.15) is 49.3 Å². The fraction of sp³-hybridized carbons (Fsp3) is 0.375. The van der Waals surface area contributed by atoms with Crippen LogP contribution in [-0.2, 0) is 0 Å². The second-order valence-electron chi connectivity index (χ2n) is 5.06. The van der Waals surface area contributed by atoms with Gasteiger partial charge < -0.3 is 0 Å². The molecular formula is C16H20N2O. The van der Waals surface area contributed by atoms with E-state index in [2.05, 4.69) is 25.1 Å². The molecule has 0 atom stereocenters. The van der Waals surface area contributed by atoms with Crippen LogP contribution in [0.15, 0.2) is 30.5 Å². The Kier molecular flexibility index (Phi) is 3.84. The zero-order valence-corrected chi connectivity index (χ0v) is 12.0. The molecule has 3 nitrogen and oxygen atoms in total. The minimum Gasteiger partial charge on any atom is -0.294 e. The first-order valence-electron chi connectivity index (χ1n) is 6.72. The summed E-state index contributed by atoms with van der Waals surface area (Å²) in [7, 11) is 0. The number of aromatic nitrogens is 2. The molecule has 0 aliphatic carbocycles. The highest BCUT2D eigenvalue weighted by Crippen LogP contribution is 2.24. The van der Waals surface area contributed by atoms with Crippen LogP contribution in [0, 0.1) is 6.92 Å². The van der Waals surface area contributed by atoms with E-state index in [0.717, 1.165) is 22.4 Å². The highest BCUT2D eigenvalue weighted by atomic mass is 16.1. The summed E-state index contributed by atoms with van der Waals surface area (Å²) in [6.45, 7) is 8.12. The molecule has 1 heterocycles. The van der Waals surface area contributed by atoms with Gasteiger partial charge in [-0.25, -0.2) is 0 Å². The van der Waals surface area contributed by atoms with Gasteiger partial charge in [0, 0.05) is 29.8 Å². The van der Waals surface area contributed by atoms with Crippen molar-refractivity contribution < 1.29 is 4.79 Å². The van der Waals surface area contributed by atoms with Crippen molar-refractivity contribution in [3.8, 4) is 11.1 Å². The molecule has 0 N–H and O–H groups in total. The normalized spacial score (nSPS) is 11.0. The average Bonchev–Trinajstić information content (AvgIpc) is 2.80. The SMILES string of the molecule is CCC(=O)c1ccc(-c2cn(C(C)C)nc2C)cc1. The van der Waals surface area contributed by atoms with E-state index in [0.29, 0.717) is 12.5 Å². The monoisotopic (exact) mass is 256 g/mol. The molecule has 0 unspecified atom stereocenters. The number of hydrogen-bond donors (Lipinski definition) is 0. The van der Waals surface area contributed by atoms with Crippen molar-refractivity contribution >= 4 is 5.78 Å². The summed E-state index contributed by atoms with van der Waals surface area (Å²) in [5.41, 5.74) is 4.03. The lowest BCUT2D eigenvalue weighted by Crippen LogP contribution is -2.00. The number of aryl methyl sites for hydroxylation is 1. The predicted octanol–water partition coefficient (Wildman–Crippen LogP) is 4.03. The Morgan fingerprint density at radius 2 is 1.89 bits per heavy atom. The Morgan fingerprint density at radius 1 is 1.26 bits per heavy atom. The summed E-state index contributed by atoms with van der Waals surface area (Å²) < 4.78 is 1.97. The summed E-state index contributed by atoms with van der Waals surface area (Å²) in [5, 5.41) is 4.51. The van der Waals surface area contributed by atoms with E-state index in [1.165, 1.54) is 0 Å². The fourth-order valence-electron chi connectivity index (χ4n) is 2.07. The number of carbonyl (C=O) groups is 1. The number of nitrogens with zero attached hydrogens (tertiary/aromatic N) is 2. The molecule has 0 saturated carbocycles. The van der Waals surface area contributed by atoms with Crippen molar-refractivity contribution in [1.82, 2.24) is 9.78 Å². The topological polar surface area (TPSA) is 34.9 Å². The maximum absolute atomic E-state index is 11.6. The van der Waals surface area contributed by atoms with Crippen LogP contribution in [0.2, 0.25) is 0 Å². The zero-order chi connectivity index (χ0) is 14.0. The standard InChI is InChI=1S/C16H20N2O/c1-5-16(19)14-8-6-13(7-9-14)15-10-18(11(2)3)17-12(15)4/h6-11H,5H2,1-4H3. The molecule has 0 radical (unpaired) electrons. The van der Waals surface area contributed by atoms with E-state index in [4.69, 9.17) is 0 Å². The van der Waals surface area contributed by atoms with Gasteiger partial charge in [0.25, 0.3) is 0 Å². The van der Waals surface area contributed by atoms with Crippen molar-refractivity contribution in [1.29, 1.82) is 0 Å². The minimum absolute atomic E-state index is 0.182. The third-order valence-electron chi connectivity index (χ3n) is 3.28. The maximum atomic E-state index is 11.6. The molecule has 0 spiro atoms. The smallest absolute Gasteiger partial charge is 0.162 e. The summed E-state index contributed by atoms with van der Waals surface area (Å²) >= 11 is 0. The number of Topliss-reactive ketones (excluding diaryl/α,β-unsaturated/α-hetero) is 1. The lowest BCUT2D eigenvalue weighted by molar-refractivity contribution is 0.0988. The largest absolute Gasteiger partial charge is 0.294 e. The number of ketones is 1. The van der Waals surface area contributed by atoms with Gasteiger partial charge in [-0.15, -0.1) is 0 Å². The van der Waals surface area contributed by atoms with Crippen LogP contribution < -0.4 is 0 Å². The molecule has 0 aliphatic rings. The van der Waals surface area contributed by atoms with Crippen LogP contribution in [0.4, 0.5) is 0 Å². The molecular weight excluding hydrogens is 236 g/mol. The van der Waals surface area contributed by atoms with Gasteiger partial charge in [-0.3, -0.25) is 9.48 Å². The van der Waals surface area contributed by atoms with Crippen molar-refractivity contribution in [3.63, 3.8) is 0 Å². The molecule has 1 aromatic heterocycles. The molecule has 3 heteroatoms. The number of carbonyl (C=O) groups excluding carboxylic acids is 1. The van der Waals surface area contributed by atoms with E-state index in [1.54, 1.807) is 0 Å². The van der Waals surface area contributed by atoms with E-state index in [1.807, 2.05) is 42.8 Å². The summed E-state index contributed by atoms with van der Waals surface area (Å²) in [4.78, 5) is 11.6. The van der Waals surface area contributed by atoms with E-state index in [9.17, 15) is 4.79 Å². The van der Waals surface area contributed by atoms with Gasteiger partial charge in [-0.05, 0) is 26.3 Å². The fourth-order valence-corrected chi connectivity index (χ4v) is 2.07. The third-order valence-corrected chi connectivity index (χ3v) is 3.28. The van der Waals surface area contributed by atoms with Crippen LogP contribution in [0.3, 0.4) is 0 Å². The highest BCUT2D eigenvalue weighted by molar-refractivity contribution is 5.96. The molecule has 0 bridgehead atoms. The molecule has 0 aliphatic heterocycles. The van der Waals surface area contributed by atoms with Crippen molar-refractivity contribution in [2.45, 2.75) is 40.2 Å². The van der Waals surface area contributed by atoms with Crippen LogP contribution in [0.5, 0.6) is 0 Å². The summed E-state index contributed by atoms with van der Waals surface area (Å²) in [6.07, 6.45) is 2.61. The van der Waals surface area contributed by atoms with E-state index in [-0.39, 0.29) is 5.78 Å². The lowest BCUT2D eigenvalue weighted by atomic mass is 10.0. The van der Waals surface area contributed by atoms with Gasteiger partial charge in [-0.2, -0.15) is 5.10 Å². The van der Waals surface area contributed by atoms with Crippen LogP contribution >= 0.6 is 0 Å². The van der Waals surface area contributed by atoms with Crippen LogP contribution in [-0.4, -0.2) is 15.6 Å². The Morgan fingerprint density at radius 3 is 2.37 bits per heavy atom. The first-order valence-corrected chi connectivity index (χ1v) is 6.72. The van der Waals surface area contributed by atoms with Gasteiger partial charge in [-0.1, -0.05) is 31.2 Å². The Hall–Kier alpha value is -1.90. The first kappa shape index (κ1) is 13.5. The molecule has 19 heavy (non-hydrogen) atoms. The molecule has 2 rings (SSSR count). The zero-order valence-electron chi connectivity index (χ0n) is 12.0. The van der Waals surface area contributed by atoms with Gasteiger partial charge in [0.15, 0.2) is 5.78 Å². The van der Waals surface area contributed by atoms with E-state index >= 15 is 0 Å². The first-order chi connectivity index (χ1) is 9.02. The molecule has 0 amide bonds. The molecule has 0 fully saturated rings. The molecule has 100 valence electrons. The van der Waals surface area contributed by atoms with Crippen molar-refractivity contribution in [3.05, 3.63) is 41.7 Å². The Balaban J connectivity index is 2.34. The van der Waals surface area contributed by atoms with Gasteiger partial charge in [0.2, 0.25) is 0 Å². The molecule has 1 aromatic carbocycles. The summed E-state index contributed by atoms with van der Waals surface area (Å²) in [5.74, 6) is 0.182. The number of rotatable bonds is 4. The maximum Gasteiger partial charge on any atom is 0.162 e. The quantitative estimate of drug-likeness (QED) is 0.774. The summed E-state index contributed by atoms with van der Waals surface area (Å²) in [6, 6.07) is 8.14. The number of hydrogen-bond acceptors (Lipinski definition) is 2. The number of benzene rings is 1. The predicted molar refractivity (Wildman–Crippen MR) is 77.4 cm³/mol. The van der Waals surface area contributed by atoms with Crippen LogP contribution in [0.25, 0.3) is 11.1 Å². The van der Waals surface area contributed by atoms with Crippen molar-refractivity contribution in [2.75, 3.05) is 0 Å².